The van der Waals surface area contributed by atoms with Crippen LogP contribution in [0.5, 0.6) is 5.75 Å². The van der Waals surface area contributed by atoms with E-state index in [2.05, 4.69) is 4.98 Å². The highest BCUT2D eigenvalue weighted by molar-refractivity contribution is 6.04. The first-order valence-corrected chi connectivity index (χ1v) is 7.78. The first-order valence-electron chi connectivity index (χ1n) is 7.78. The molecule has 2 aromatic carbocycles. The largest absolute Gasteiger partial charge is 0.497 e. The number of aromatic nitrogens is 1. The number of pyridine rings is 1. The Hall–Kier alpha value is -3.34. The molecule has 4 aromatic rings. The molecule has 5 heteroatoms. The lowest BCUT2D eigenvalue weighted by molar-refractivity contribution is 0.0699. The van der Waals surface area contributed by atoms with Crippen molar-refractivity contribution in [3.8, 4) is 17.2 Å². The number of aryl methyl sites for hydroxylation is 1. The zero-order valence-electron chi connectivity index (χ0n) is 13.7. The van der Waals surface area contributed by atoms with Gasteiger partial charge in [-0.3, -0.25) is 0 Å². The maximum atomic E-state index is 11.7. The highest BCUT2D eigenvalue weighted by atomic mass is 16.5. The number of rotatable bonds is 3. The lowest BCUT2D eigenvalue weighted by Crippen LogP contribution is -2.00. The Kier molecular flexibility index (Phi) is 3.42. The summed E-state index contributed by atoms with van der Waals surface area (Å²) >= 11 is 0. The monoisotopic (exact) mass is 333 g/mol. The Bertz CT molecular complexity index is 1130. The van der Waals surface area contributed by atoms with E-state index in [1.165, 1.54) is 0 Å². The number of furan rings is 1. The Balaban J connectivity index is 1.94. The van der Waals surface area contributed by atoms with Gasteiger partial charge >= 0.3 is 5.97 Å². The van der Waals surface area contributed by atoms with Crippen molar-refractivity contribution in [3.63, 3.8) is 0 Å². The van der Waals surface area contributed by atoms with Crippen molar-refractivity contribution in [2.45, 2.75) is 6.92 Å². The van der Waals surface area contributed by atoms with Crippen LogP contribution in [0.25, 0.3) is 33.3 Å². The van der Waals surface area contributed by atoms with Crippen molar-refractivity contribution >= 4 is 27.8 Å². The minimum atomic E-state index is -0.989. The van der Waals surface area contributed by atoms with Crippen LogP contribution in [0.1, 0.15) is 15.9 Å². The van der Waals surface area contributed by atoms with Gasteiger partial charge in [-0.05, 0) is 49.4 Å². The van der Waals surface area contributed by atoms with Gasteiger partial charge in [-0.2, -0.15) is 0 Å². The second-order valence-corrected chi connectivity index (χ2v) is 5.90. The molecule has 25 heavy (non-hydrogen) atoms. The Morgan fingerprint density at radius 2 is 1.96 bits per heavy atom. The van der Waals surface area contributed by atoms with Gasteiger partial charge < -0.3 is 14.3 Å². The molecule has 0 saturated carbocycles. The number of methoxy groups -OCH3 is 1. The summed E-state index contributed by atoms with van der Waals surface area (Å²) in [5.74, 6) is 0.262. The van der Waals surface area contributed by atoms with Crippen LogP contribution in [0, 0.1) is 6.92 Å². The zero-order valence-corrected chi connectivity index (χ0v) is 13.7. The van der Waals surface area contributed by atoms with Crippen LogP contribution in [-0.2, 0) is 0 Å². The molecule has 0 radical (unpaired) electrons. The predicted molar refractivity (Wildman–Crippen MR) is 95.2 cm³/mol. The van der Waals surface area contributed by atoms with E-state index in [0.717, 1.165) is 16.7 Å². The van der Waals surface area contributed by atoms with Crippen molar-refractivity contribution in [2.75, 3.05) is 7.11 Å². The van der Waals surface area contributed by atoms with Crippen LogP contribution < -0.4 is 4.74 Å². The number of nitrogens with zero attached hydrogens (tertiary/aromatic N) is 1. The van der Waals surface area contributed by atoms with Crippen molar-refractivity contribution in [2.24, 2.45) is 0 Å². The van der Waals surface area contributed by atoms with Gasteiger partial charge in [-0.15, -0.1) is 0 Å². The molecule has 0 saturated heterocycles. The van der Waals surface area contributed by atoms with E-state index in [-0.39, 0.29) is 5.56 Å². The SMILES string of the molecule is COc1ccc2oc(-c3cc(C(=O)O)c4cc(C)ccc4n3)cc2c1. The van der Waals surface area contributed by atoms with Crippen molar-refractivity contribution in [1.29, 1.82) is 0 Å². The third-order valence-corrected chi connectivity index (χ3v) is 4.17. The molecule has 0 aliphatic carbocycles. The van der Waals surface area contributed by atoms with E-state index >= 15 is 0 Å². The maximum absolute atomic E-state index is 11.7. The van der Waals surface area contributed by atoms with Crippen LogP contribution in [0.4, 0.5) is 0 Å². The van der Waals surface area contributed by atoms with Crippen LogP contribution in [0.3, 0.4) is 0 Å². The number of hydrogen-bond donors (Lipinski definition) is 1. The first kappa shape index (κ1) is 15.2. The topological polar surface area (TPSA) is 72.6 Å². The molecular weight excluding hydrogens is 318 g/mol. The van der Waals surface area contributed by atoms with E-state index in [4.69, 9.17) is 9.15 Å². The molecule has 0 aliphatic rings. The van der Waals surface area contributed by atoms with Crippen molar-refractivity contribution in [3.05, 3.63) is 59.7 Å². The second-order valence-electron chi connectivity index (χ2n) is 5.90. The molecule has 124 valence electrons. The average Bonchev–Trinajstić information content (AvgIpc) is 3.03. The van der Waals surface area contributed by atoms with Gasteiger partial charge in [0, 0.05) is 10.8 Å². The molecule has 5 nitrogen and oxygen atoms in total. The van der Waals surface area contributed by atoms with E-state index in [1.807, 2.05) is 49.4 Å². The summed E-state index contributed by atoms with van der Waals surface area (Å²) in [6.45, 7) is 1.92. The summed E-state index contributed by atoms with van der Waals surface area (Å²) in [6.07, 6.45) is 0. The zero-order chi connectivity index (χ0) is 17.6. The summed E-state index contributed by atoms with van der Waals surface area (Å²) in [6, 6.07) is 14.5. The number of ether oxygens (including phenoxy) is 1. The number of carbonyl (C=O) groups is 1. The van der Waals surface area contributed by atoms with E-state index < -0.39 is 5.97 Å². The summed E-state index contributed by atoms with van der Waals surface area (Å²) in [7, 11) is 1.61. The van der Waals surface area contributed by atoms with Crippen LogP contribution in [0.15, 0.2) is 52.9 Å². The number of hydrogen-bond acceptors (Lipinski definition) is 4. The minimum absolute atomic E-state index is 0.210. The number of carboxylic acids is 1. The molecule has 2 heterocycles. The van der Waals surface area contributed by atoms with Gasteiger partial charge in [0.25, 0.3) is 0 Å². The summed E-state index contributed by atoms with van der Waals surface area (Å²) < 4.78 is 11.1. The van der Waals surface area contributed by atoms with Crippen LogP contribution in [-0.4, -0.2) is 23.2 Å². The van der Waals surface area contributed by atoms with Gasteiger partial charge in [0.2, 0.25) is 0 Å². The summed E-state index contributed by atoms with van der Waals surface area (Å²) in [5, 5.41) is 11.1. The smallest absolute Gasteiger partial charge is 0.336 e. The predicted octanol–water partition coefficient (Wildman–Crippen LogP) is 4.66. The molecule has 0 aliphatic heterocycles. The molecule has 4 rings (SSSR count). The summed E-state index contributed by atoms with van der Waals surface area (Å²) in [5.41, 5.74) is 3.00. The fraction of sp³-hybridized carbons (Fsp3) is 0.100. The lowest BCUT2D eigenvalue weighted by Gasteiger charge is -2.06. The molecule has 0 unspecified atom stereocenters. The molecule has 0 amide bonds. The molecular formula is C20H15NO4. The standard InChI is InChI=1S/C20H15NO4/c1-11-3-5-16-14(7-11)15(20(22)23)10-17(21-16)19-9-12-8-13(24-2)4-6-18(12)25-19/h3-10H,1-2H3,(H,22,23). The Labute approximate surface area is 143 Å². The molecule has 2 aromatic heterocycles. The Morgan fingerprint density at radius 1 is 1.12 bits per heavy atom. The summed E-state index contributed by atoms with van der Waals surface area (Å²) in [4.78, 5) is 16.3. The van der Waals surface area contributed by atoms with Gasteiger partial charge in [0.15, 0.2) is 5.76 Å². The van der Waals surface area contributed by atoms with E-state index in [9.17, 15) is 9.90 Å². The fourth-order valence-corrected chi connectivity index (χ4v) is 2.92. The van der Waals surface area contributed by atoms with Crippen molar-refractivity contribution < 1.29 is 19.1 Å². The molecule has 0 spiro atoms. The number of benzene rings is 2. The first-order chi connectivity index (χ1) is 12.0. The number of fused-ring (bicyclic) bond motifs is 2. The number of carboxylic acid groups (broad SMARTS) is 1. The second kappa shape index (κ2) is 5.63. The van der Waals surface area contributed by atoms with E-state index in [0.29, 0.717) is 27.9 Å². The van der Waals surface area contributed by atoms with E-state index in [1.54, 1.807) is 13.2 Å². The number of aromatic carboxylic acids is 1. The average molecular weight is 333 g/mol. The van der Waals surface area contributed by atoms with Gasteiger partial charge in [0.1, 0.15) is 17.0 Å². The normalized spacial score (nSPS) is 11.1. The van der Waals surface area contributed by atoms with Crippen LogP contribution in [0.2, 0.25) is 0 Å². The fourth-order valence-electron chi connectivity index (χ4n) is 2.92. The third-order valence-electron chi connectivity index (χ3n) is 4.17. The van der Waals surface area contributed by atoms with Gasteiger partial charge in [-0.1, -0.05) is 11.6 Å². The molecule has 0 fully saturated rings. The molecule has 1 N–H and O–H groups in total. The highest BCUT2D eigenvalue weighted by Crippen LogP contribution is 2.31. The lowest BCUT2D eigenvalue weighted by atomic mass is 10.0. The quantitative estimate of drug-likeness (QED) is 0.590. The molecule has 0 bridgehead atoms. The Morgan fingerprint density at radius 3 is 2.72 bits per heavy atom. The molecule has 0 atom stereocenters. The third kappa shape index (κ3) is 2.59. The van der Waals surface area contributed by atoms with Gasteiger partial charge in [0.05, 0.1) is 18.2 Å². The maximum Gasteiger partial charge on any atom is 0.336 e. The van der Waals surface area contributed by atoms with Gasteiger partial charge in [-0.25, -0.2) is 9.78 Å². The van der Waals surface area contributed by atoms with Crippen LogP contribution >= 0.6 is 0 Å². The minimum Gasteiger partial charge on any atom is -0.497 e. The highest BCUT2D eigenvalue weighted by Gasteiger charge is 2.16. The van der Waals surface area contributed by atoms with Crippen molar-refractivity contribution in [1.82, 2.24) is 4.98 Å².